The molecule has 0 bridgehead atoms. The van der Waals surface area contributed by atoms with Gasteiger partial charge in [0, 0.05) is 0 Å². The van der Waals surface area contributed by atoms with Crippen LogP contribution in [0.5, 0.6) is 0 Å². The Hall–Kier alpha value is -1.57. The molecule has 0 spiro atoms. The summed E-state index contributed by atoms with van der Waals surface area (Å²) in [5, 5.41) is 8.98. The maximum atomic E-state index is 12.0. The summed E-state index contributed by atoms with van der Waals surface area (Å²) in [5.74, 6) is -1.21. The minimum absolute atomic E-state index is 0.0134. The van der Waals surface area contributed by atoms with E-state index in [1.54, 1.807) is 6.07 Å². The Morgan fingerprint density at radius 3 is 2.47 bits per heavy atom. The van der Waals surface area contributed by atoms with E-state index in [0.717, 1.165) is 11.3 Å². The molecule has 0 amide bonds. The van der Waals surface area contributed by atoms with Crippen molar-refractivity contribution in [3.8, 4) is 0 Å². The molecule has 1 aromatic heterocycles. The summed E-state index contributed by atoms with van der Waals surface area (Å²) >= 11 is 6.58. The summed E-state index contributed by atoms with van der Waals surface area (Å²) in [6, 6.07) is 8.59. The highest BCUT2D eigenvalue weighted by atomic mass is 35.5. The normalized spacial score (nSPS) is 11.2. The smallest absolute Gasteiger partial charge is 0.337 e. The molecule has 19 heavy (non-hydrogen) atoms. The molecular weight excluding hydrogens is 310 g/mol. The minimum atomic E-state index is -3.83. The molecule has 8 heteroatoms. The van der Waals surface area contributed by atoms with Gasteiger partial charge in [-0.25, -0.2) is 13.2 Å². The van der Waals surface area contributed by atoms with Gasteiger partial charge in [0.25, 0.3) is 10.0 Å². The number of anilines is 1. The fourth-order valence-corrected chi connectivity index (χ4v) is 3.96. The molecule has 2 N–H and O–H groups in total. The third-order valence-corrected chi connectivity index (χ3v) is 5.30. The summed E-state index contributed by atoms with van der Waals surface area (Å²) in [4.78, 5) is 11.0. The topological polar surface area (TPSA) is 83.5 Å². The molecule has 2 rings (SSSR count). The molecule has 0 aliphatic carbocycles. The van der Waals surface area contributed by atoms with Gasteiger partial charge in [0.05, 0.1) is 15.6 Å². The second kappa shape index (κ2) is 5.20. The molecular formula is C11H8ClNO4S2. The van der Waals surface area contributed by atoms with Crippen molar-refractivity contribution in [3.05, 3.63) is 46.3 Å². The zero-order valence-electron chi connectivity index (χ0n) is 9.33. The number of rotatable bonds is 4. The standard InChI is InChI=1S/C11H8ClNO4S2/c12-9-5-6-10(18-9)19(16,17)13-8-4-2-1-3-7(8)11(14)15/h1-6,13H,(H,14,15). The van der Waals surface area contributed by atoms with Crippen molar-refractivity contribution in [2.45, 2.75) is 4.21 Å². The van der Waals surface area contributed by atoms with E-state index in [9.17, 15) is 13.2 Å². The predicted octanol–water partition coefficient (Wildman–Crippen LogP) is 2.90. The SMILES string of the molecule is O=C(O)c1ccccc1NS(=O)(=O)c1ccc(Cl)s1. The molecule has 0 aliphatic heterocycles. The van der Waals surface area contributed by atoms with E-state index >= 15 is 0 Å². The number of carboxylic acids is 1. The molecule has 0 unspecified atom stereocenters. The summed E-state index contributed by atoms with van der Waals surface area (Å²) in [7, 11) is -3.83. The number of benzene rings is 1. The number of para-hydroxylation sites is 1. The molecule has 0 saturated heterocycles. The maximum Gasteiger partial charge on any atom is 0.337 e. The van der Waals surface area contributed by atoms with Gasteiger partial charge in [0.15, 0.2) is 0 Å². The third kappa shape index (κ3) is 3.06. The van der Waals surface area contributed by atoms with Crippen molar-refractivity contribution in [2.75, 3.05) is 4.72 Å². The zero-order chi connectivity index (χ0) is 14.0. The second-order valence-corrected chi connectivity index (χ2v) is 7.14. The average Bonchev–Trinajstić information content (AvgIpc) is 2.76. The molecule has 1 heterocycles. The van der Waals surface area contributed by atoms with Gasteiger partial charge in [-0.3, -0.25) is 4.72 Å². The van der Waals surface area contributed by atoms with Crippen LogP contribution in [0.2, 0.25) is 4.34 Å². The van der Waals surface area contributed by atoms with E-state index in [1.807, 2.05) is 0 Å². The minimum Gasteiger partial charge on any atom is -0.478 e. The number of halogens is 1. The van der Waals surface area contributed by atoms with E-state index in [2.05, 4.69) is 4.72 Å². The molecule has 0 saturated carbocycles. The third-order valence-electron chi connectivity index (χ3n) is 2.22. The lowest BCUT2D eigenvalue weighted by atomic mass is 10.2. The van der Waals surface area contributed by atoms with Gasteiger partial charge in [-0.1, -0.05) is 23.7 Å². The number of aromatic carboxylic acids is 1. The van der Waals surface area contributed by atoms with E-state index in [4.69, 9.17) is 16.7 Å². The number of thiophene rings is 1. The van der Waals surface area contributed by atoms with E-state index in [1.165, 1.54) is 30.3 Å². The summed E-state index contributed by atoms with van der Waals surface area (Å²) < 4.78 is 26.7. The Balaban J connectivity index is 2.39. The van der Waals surface area contributed by atoms with Gasteiger partial charge < -0.3 is 5.11 Å². The van der Waals surface area contributed by atoms with Gasteiger partial charge in [0.2, 0.25) is 0 Å². The molecule has 2 aromatic rings. The van der Waals surface area contributed by atoms with Crippen LogP contribution in [-0.2, 0) is 10.0 Å². The van der Waals surface area contributed by atoms with Crippen LogP contribution in [0.1, 0.15) is 10.4 Å². The number of sulfonamides is 1. The maximum absolute atomic E-state index is 12.0. The van der Waals surface area contributed by atoms with Crippen molar-refractivity contribution in [1.82, 2.24) is 0 Å². The highest BCUT2D eigenvalue weighted by Gasteiger charge is 2.19. The first-order valence-corrected chi connectivity index (χ1v) is 7.68. The van der Waals surface area contributed by atoms with Crippen molar-refractivity contribution in [3.63, 3.8) is 0 Å². The second-order valence-electron chi connectivity index (χ2n) is 3.51. The highest BCUT2D eigenvalue weighted by molar-refractivity contribution is 7.94. The Morgan fingerprint density at radius 1 is 1.21 bits per heavy atom. The van der Waals surface area contributed by atoms with E-state index in [-0.39, 0.29) is 15.5 Å². The van der Waals surface area contributed by atoms with Crippen LogP contribution in [0.25, 0.3) is 0 Å². The fourth-order valence-electron chi connectivity index (χ4n) is 1.40. The largest absolute Gasteiger partial charge is 0.478 e. The number of carbonyl (C=O) groups is 1. The average molecular weight is 318 g/mol. The summed E-state index contributed by atoms with van der Waals surface area (Å²) in [6.07, 6.45) is 0. The lowest BCUT2D eigenvalue weighted by molar-refractivity contribution is 0.0698. The Bertz CT molecular complexity index is 724. The molecule has 0 atom stereocenters. The van der Waals surface area contributed by atoms with Gasteiger partial charge in [-0.05, 0) is 24.3 Å². The first-order valence-electron chi connectivity index (χ1n) is 5.00. The van der Waals surface area contributed by atoms with E-state index in [0.29, 0.717) is 4.34 Å². The fraction of sp³-hybridized carbons (Fsp3) is 0. The lowest BCUT2D eigenvalue weighted by Crippen LogP contribution is -2.14. The number of hydrogen-bond donors (Lipinski definition) is 2. The van der Waals surface area contributed by atoms with Gasteiger partial charge in [0.1, 0.15) is 4.21 Å². The van der Waals surface area contributed by atoms with Crippen LogP contribution in [0.3, 0.4) is 0 Å². The Labute approximate surface area is 118 Å². The van der Waals surface area contributed by atoms with Crippen LogP contribution in [0.4, 0.5) is 5.69 Å². The number of carboxylic acid groups (broad SMARTS) is 1. The monoisotopic (exact) mass is 317 g/mol. The van der Waals surface area contributed by atoms with Crippen molar-refractivity contribution in [1.29, 1.82) is 0 Å². The zero-order valence-corrected chi connectivity index (χ0v) is 11.7. The lowest BCUT2D eigenvalue weighted by Gasteiger charge is -2.08. The Morgan fingerprint density at radius 2 is 1.89 bits per heavy atom. The van der Waals surface area contributed by atoms with Crippen LogP contribution >= 0.6 is 22.9 Å². The molecule has 5 nitrogen and oxygen atoms in total. The van der Waals surface area contributed by atoms with Gasteiger partial charge >= 0.3 is 5.97 Å². The predicted molar refractivity (Wildman–Crippen MR) is 73.5 cm³/mol. The molecule has 0 aliphatic rings. The van der Waals surface area contributed by atoms with Crippen LogP contribution < -0.4 is 4.72 Å². The number of nitrogens with one attached hydrogen (secondary N) is 1. The number of hydrogen-bond acceptors (Lipinski definition) is 4. The molecule has 0 radical (unpaired) electrons. The van der Waals surface area contributed by atoms with Crippen molar-refractivity contribution >= 4 is 44.6 Å². The quantitative estimate of drug-likeness (QED) is 0.908. The molecule has 0 fully saturated rings. The summed E-state index contributed by atoms with van der Waals surface area (Å²) in [6.45, 7) is 0. The Kier molecular flexibility index (Phi) is 3.79. The van der Waals surface area contributed by atoms with Crippen LogP contribution in [0, 0.1) is 0 Å². The molecule has 1 aromatic carbocycles. The van der Waals surface area contributed by atoms with Gasteiger partial charge in [-0.15, -0.1) is 11.3 Å². The van der Waals surface area contributed by atoms with Crippen LogP contribution in [0.15, 0.2) is 40.6 Å². The van der Waals surface area contributed by atoms with E-state index < -0.39 is 16.0 Å². The van der Waals surface area contributed by atoms with Crippen molar-refractivity contribution in [2.24, 2.45) is 0 Å². The van der Waals surface area contributed by atoms with Crippen LogP contribution in [-0.4, -0.2) is 19.5 Å². The van der Waals surface area contributed by atoms with Crippen molar-refractivity contribution < 1.29 is 18.3 Å². The highest BCUT2D eigenvalue weighted by Crippen LogP contribution is 2.28. The molecule has 100 valence electrons. The first-order chi connectivity index (χ1) is 8.90. The first kappa shape index (κ1) is 13.9. The van der Waals surface area contributed by atoms with Gasteiger partial charge in [-0.2, -0.15) is 0 Å². The summed E-state index contributed by atoms with van der Waals surface area (Å²) in [5.41, 5.74) is -0.103.